The fraction of sp³-hybridized carbons (Fsp3) is 0.214. The van der Waals surface area contributed by atoms with E-state index in [0.29, 0.717) is 17.5 Å². The minimum Gasteiger partial charge on any atom is -0.488 e. The van der Waals surface area contributed by atoms with Crippen LogP contribution in [-0.2, 0) is 0 Å². The molecule has 1 fully saturated rings. The molecule has 0 bridgehead atoms. The van der Waals surface area contributed by atoms with E-state index in [4.69, 9.17) is 20.9 Å². The minimum atomic E-state index is 0. The van der Waals surface area contributed by atoms with Crippen LogP contribution in [0.15, 0.2) is 36.5 Å². The molecule has 1 aliphatic carbocycles. The number of hydrogen-bond acceptors (Lipinski definition) is 5. The first-order chi connectivity index (χ1) is 9.22. The number of hydrogen-bond donors (Lipinski definition) is 2. The number of fused-ring (bicyclic) bond motifs is 3. The van der Waals surface area contributed by atoms with E-state index in [1.807, 2.05) is 18.2 Å². The summed E-state index contributed by atoms with van der Waals surface area (Å²) >= 11 is 0. The Bertz CT molecular complexity index is 665. The summed E-state index contributed by atoms with van der Waals surface area (Å²) in [6.07, 6.45) is 1.77. The second-order valence-corrected chi connectivity index (χ2v) is 4.90. The summed E-state index contributed by atoms with van der Waals surface area (Å²) in [5, 5.41) is 0. The van der Waals surface area contributed by atoms with E-state index in [9.17, 15) is 0 Å². The molecule has 4 N–H and O–H groups in total. The van der Waals surface area contributed by atoms with Crippen LogP contribution in [0.4, 0.5) is 5.82 Å². The molecule has 0 unspecified atom stereocenters. The lowest BCUT2D eigenvalue weighted by atomic mass is 10.1. The minimum absolute atomic E-state index is 0. The monoisotopic (exact) mass is 291 g/mol. The maximum absolute atomic E-state index is 5.92. The third-order valence-electron chi connectivity index (χ3n) is 3.60. The van der Waals surface area contributed by atoms with Gasteiger partial charge in [0.25, 0.3) is 0 Å². The van der Waals surface area contributed by atoms with Gasteiger partial charge in [-0.3, -0.25) is 0 Å². The molecule has 1 aromatic heterocycles. The zero-order valence-electron chi connectivity index (χ0n) is 10.5. The predicted molar refractivity (Wildman–Crippen MR) is 77.5 cm³/mol. The summed E-state index contributed by atoms with van der Waals surface area (Å²) in [5.41, 5.74) is 12.7. The molecule has 0 amide bonds. The normalized spacial score (nSPS) is 24.9. The number of ether oxygens (including phenoxy) is 2. The van der Waals surface area contributed by atoms with Gasteiger partial charge in [-0.25, -0.2) is 4.98 Å². The zero-order chi connectivity index (χ0) is 13.0. The van der Waals surface area contributed by atoms with Gasteiger partial charge in [0.2, 0.25) is 0 Å². The van der Waals surface area contributed by atoms with Crippen molar-refractivity contribution in [3.8, 4) is 17.2 Å². The van der Waals surface area contributed by atoms with E-state index in [1.54, 1.807) is 18.3 Å². The molecule has 20 heavy (non-hydrogen) atoms. The number of nitrogen functional groups attached to an aromatic ring is 1. The lowest BCUT2D eigenvalue weighted by Gasteiger charge is -2.09. The van der Waals surface area contributed by atoms with Crippen molar-refractivity contribution in [2.24, 2.45) is 5.73 Å². The van der Waals surface area contributed by atoms with Gasteiger partial charge in [0.1, 0.15) is 29.2 Å². The molecule has 2 aliphatic rings. The lowest BCUT2D eigenvalue weighted by Crippen LogP contribution is -2.12. The number of nitrogens with zero attached hydrogens (tertiary/aromatic N) is 1. The van der Waals surface area contributed by atoms with Crippen molar-refractivity contribution in [3.05, 3.63) is 42.1 Å². The molecule has 104 valence electrons. The van der Waals surface area contributed by atoms with Crippen molar-refractivity contribution in [2.45, 2.75) is 18.1 Å². The summed E-state index contributed by atoms with van der Waals surface area (Å²) in [5.74, 6) is 3.10. The molecule has 0 saturated heterocycles. The molecular formula is C14H14ClN3O2. The van der Waals surface area contributed by atoms with Crippen LogP contribution in [-0.4, -0.2) is 17.1 Å². The van der Waals surface area contributed by atoms with Crippen LogP contribution in [0.3, 0.4) is 0 Å². The van der Waals surface area contributed by atoms with Crippen LogP contribution in [0.2, 0.25) is 0 Å². The Morgan fingerprint density at radius 3 is 2.75 bits per heavy atom. The second-order valence-electron chi connectivity index (χ2n) is 4.90. The van der Waals surface area contributed by atoms with Crippen molar-refractivity contribution < 1.29 is 9.47 Å². The van der Waals surface area contributed by atoms with Crippen LogP contribution in [0.5, 0.6) is 17.2 Å². The highest BCUT2D eigenvalue weighted by Gasteiger charge is 2.56. The topological polar surface area (TPSA) is 83.4 Å². The Morgan fingerprint density at radius 1 is 1.15 bits per heavy atom. The average molecular weight is 292 g/mol. The summed E-state index contributed by atoms with van der Waals surface area (Å²) in [6, 6.07) is 9.38. The van der Waals surface area contributed by atoms with Crippen molar-refractivity contribution in [1.29, 1.82) is 0 Å². The number of aromatic nitrogens is 1. The molecule has 2 aromatic rings. The van der Waals surface area contributed by atoms with Crippen molar-refractivity contribution in [1.82, 2.24) is 4.98 Å². The fourth-order valence-corrected chi connectivity index (χ4v) is 2.57. The Labute approximate surface area is 122 Å². The van der Waals surface area contributed by atoms with Gasteiger partial charge < -0.3 is 20.9 Å². The van der Waals surface area contributed by atoms with Crippen molar-refractivity contribution >= 4 is 18.2 Å². The lowest BCUT2D eigenvalue weighted by molar-refractivity contribution is 0.310. The third kappa shape index (κ3) is 1.95. The van der Waals surface area contributed by atoms with E-state index in [1.165, 1.54) is 0 Å². The molecular weight excluding hydrogens is 278 g/mol. The van der Waals surface area contributed by atoms with E-state index in [-0.39, 0.29) is 24.6 Å². The average Bonchev–Trinajstić information content (AvgIpc) is 2.85. The number of halogens is 1. The predicted octanol–water partition coefficient (Wildman–Crippen LogP) is 2.06. The van der Waals surface area contributed by atoms with Crippen molar-refractivity contribution in [2.75, 3.05) is 5.73 Å². The van der Waals surface area contributed by atoms with Gasteiger partial charge in [0.05, 0.1) is 6.04 Å². The molecule has 2 heterocycles. The van der Waals surface area contributed by atoms with E-state index in [0.717, 1.165) is 17.1 Å². The third-order valence-corrected chi connectivity index (χ3v) is 3.60. The summed E-state index contributed by atoms with van der Waals surface area (Å²) < 4.78 is 11.5. The number of anilines is 1. The Morgan fingerprint density at radius 2 is 1.95 bits per heavy atom. The van der Waals surface area contributed by atoms with E-state index >= 15 is 0 Å². The molecule has 0 spiro atoms. The van der Waals surface area contributed by atoms with Gasteiger partial charge in [-0.15, -0.1) is 12.4 Å². The van der Waals surface area contributed by atoms with Crippen molar-refractivity contribution in [3.63, 3.8) is 0 Å². The Kier molecular flexibility index (Phi) is 2.96. The van der Waals surface area contributed by atoms with Crippen LogP contribution in [0.25, 0.3) is 0 Å². The van der Waals surface area contributed by atoms with Gasteiger partial charge in [-0.2, -0.15) is 0 Å². The smallest absolute Gasteiger partial charge is 0.132 e. The van der Waals surface area contributed by atoms with Gasteiger partial charge in [0.15, 0.2) is 0 Å². The van der Waals surface area contributed by atoms with Gasteiger partial charge in [0, 0.05) is 23.7 Å². The standard InChI is InChI=1S/C14H13N3O2.ClH/c15-11-6-8(3-4-17-11)18-7-1-2-10-9(5-7)12-13(16)14(12)19-10;/h1-6,12-14H,16H2,(H2,15,17);1H/t12-,13-,14-;/m0./s1. The Balaban J connectivity index is 0.00000121. The van der Waals surface area contributed by atoms with Crippen LogP contribution < -0.4 is 20.9 Å². The highest BCUT2D eigenvalue weighted by molar-refractivity contribution is 5.85. The molecule has 4 rings (SSSR count). The molecule has 1 aromatic carbocycles. The summed E-state index contributed by atoms with van der Waals surface area (Å²) in [7, 11) is 0. The van der Waals surface area contributed by atoms with Gasteiger partial charge in [-0.05, 0) is 24.3 Å². The molecule has 1 aliphatic heterocycles. The molecule has 1 saturated carbocycles. The quantitative estimate of drug-likeness (QED) is 0.885. The molecule has 6 heteroatoms. The van der Waals surface area contributed by atoms with Crippen LogP contribution >= 0.6 is 12.4 Å². The summed E-state index contributed by atoms with van der Waals surface area (Å²) in [4.78, 5) is 3.93. The maximum atomic E-state index is 5.92. The first-order valence-electron chi connectivity index (χ1n) is 6.18. The van der Waals surface area contributed by atoms with Crippen LogP contribution in [0.1, 0.15) is 11.5 Å². The first-order valence-corrected chi connectivity index (χ1v) is 6.18. The van der Waals surface area contributed by atoms with Crippen LogP contribution in [0, 0.1) is 0 Å². The highest BCUT2D eigenvalue weighted by atomic mass is 35.5. The Hall–Kier alpha value is -1.98. The number of rotatable bonds is 2. The zero-order valence-corrected chi connectivity index (χ0v) is 11.3. The number of benzene rings is 1. The SMILES string of the molecule is Cl.Nc1cc(Oc2ccc3c(c2)[C@H]2[C@H](N)[C@H]2O3)ccn1. The van der Waals surface area contributed by atoms with E-state index in [2.05, 4.69) is 4.98 Å². The fourth-order valence-electron chi connectivity index (χ4n) is 2.57. The van der Waals surface area contributed by atoms with E-state index < -0.39 is 0 Å². The molecule has 3 atom stereocenters. The second kappa shape index (κ2) is 4.54. The largest absolute Gasteiger partial charge is 0.488 e. The van der Waals surface area contributed by atoms with Gasteiger partial charge in [-0.1, -0.05) is 0 Å². The highest BCUT2D eigenvalue weighted by Crippen LogP contribution is 2.53. The molecule has 0 radical (unpaired) electrons. The number of nitrogens with two attached hydrogens (primary N) is 2. The van der Waals surface area contributed by atoms with Gasteiger partial charge >= 0.3 is 0 Å². The maximum Gasteiger partial charge on any atom is 0.132 e. The molecule has 5 nitrogen and oxygen atoms in total. The summed E-state index contributed by atoms with van der Waals surface area (Å²) in [6.45, 7) is 0. The first kappa shape index (κ1) is 13.0. The number of pyridine rings is 1.